The molecule has 0 saturated carbocycles. The fourth-order valence-electron chi connectivity index (χ4n) is 3.48. The van der Waals surface area contributed by atoms with Crippen molar-refractivity contribution in [1.82, 2.24) is 0 Å². The predicted molar refractivity (Wildman–Crippen MR) is 109 cm³/mol. The Morgan fingerprint density at radius 1 is 0.520 bits per heavy atom. The first-order valence-corrected chi connectivity index (χ1v) is 8.91. The minimum absolute atomic E-state index is 0.492. The highest BCUT2D eigenvalue weighted by Crippen LogP contribution is 2.34. The summed E-state index contributed by atoms with van der Waals surface area (Å²) in [5, 5.41) is 2.58. The van der Waals surface area contributed by atoms with E-state index in [-0.39, 0.29) is 0 Å². The first-order valence-electron chi connectivity index (χ1n) is 8.91. The van der Waals surface area contributed by atoms with Crippen molar-refractivity contribution in [2.75, 3.05) is 0 Å². The Labute approximate surface area is 149 Å². The van der Waals surface area contributed by atoms with Crippen LogP contribution in [0.4, 0.5) is 0 Å². The summed E-state index contributed by atoms with van der Waals surface area (Å²) in [5.74, 6) is 0.492. The molecule has 0 saturated heterocycles. The Balaban J connectivity index is 1.90. The second kappa shape index (κ2) is 6.57. The van der Waals surface area contributed by atoms with Gasteiger partial charge in [-0.25, -0.2) is 0 Å². The highest BCUT2D eigenvalue weighted by Gasteiger charge is 2.11. The summed E-state index contributed by atoms with van der Waals surface area (Å²) >= 11 is 0. The van der Waals surface area contributed by atoms with Crippen molar-refractivity contribution >= 4 is 10.8 Å². The molecule has 0 fully saturated rings. The van der Waals surface area contributed by atoms with Crippen LogP contribution in [0.15, 0.2) is 91.0 Å². The molecule has 0 aliphatic rings. The smallest absolute Gasteiger partial charge is 0.0143 e. The highest BCUT2D eigenvalue weighted by atomic mass is 14.2. The summed E-state index contributed by atoms with van der Waals surface area (Å²) < 4.78 is 0. The van der Waals surface area contributed by atoms with Gasteiger partial charge in [-0.3, -0.25) is 0 Å². The van der Waals surface area contributed by atoms with Crippen molar-refractivity contribution in [3.8, 4) is 22.3 Å². The Morgan fingerprint density at radius 2 is 1.20 bits per heavy atom. The standard InChI is InChI=1S/C25H22/c1-18(2)24-15-14-22(19-8-4-3-5-9-19)17-25(24)23-13-12-20-10-6-7-11-21(20)16-23/h3-18H,1-2H3. The fourth-order valence-corrected chi connectivity index (χ4v) is 3.48. The third kappa shape index (κ3) is 3.08. The third-order valence-corrected chi connectivity index (χ3v) is 4.84. The van der Waals surface area contributed by atoms with Crippen LogP contribution in [-0.2, 0) is 0 Å². The van der Waals surface area contributed by atoms with Gasteiger partial charge in [0, 0.05) is 0 Å². The van der Waals surface area contributed by atoms with Crippen LogP contribution in [0.5, 0.6) is 0 Å². The van der Waals surface area contributed by atoms with Crippen molar-refractivity contribution in [2.24, 2.45) is 0 Å². The lowest BCUT2D eigenvalue weighted by molar-refractivity contribution is 0.869. The Bertz CT molecular complexity index is 1010. The van der Waals surface area contributed by atoms with Crippen LogP contribution in [0, 0.1) is 0 Å². The predicted octanol–water partition coefficient (Wildman–Crippen LogP) is 7.30. The molecule has 0 bridgehead atoms. The van der Waals surface area contributed by atoms with Crippen LogP contribution < -0.4 is 0 Å². The van der Waals surface area contributed by atoms with Crippen molar-refractivity contribution in [3.63, 3.8) is 0 Å². The lowest BCUT2D eigenvalue weighted by Crippen LogP contribution is -1.93. The number of hydrogen-bond acceptors (Lipinski definition) is 0. The van der Waals surface area contributed by atoms with E-state index in [9.17, 15) is 0 Å². The molecule has 0 spiro atoms. The van der Waals surface area contributed by atoms with Gasteiger partial charge in [0.2, 0.25) is 0 Å². The Morgan fingerprint density at radius 3 is 1.96 bits per heavy atom. The van der Waals surface area contributed by atoms with E-state index < -0.39 is 0 Å². The molecule has 0 aromatic heterocycles. The van der Waals surface area contributed by atoms with E-state index in [2.05, 4.69) is 105 Å². The molecule has 0 nitrogen and oxygen atoms in total. The van der Waals surface area contributed by atoms with Gasteiger partial charge in [0.05, 0.1) is 0 Å². The normalized spacial score (nSPS) is 11.2. The average Bonchev–Trinajstić information content (AvgIpc) is 2.67. The number of rotatable bonds is 3. The van der Waals surface area contributed by atoms with Crippen molar-refractivity contribution in [2.45, 2.75) is 19.8 Å². The highest BCUT2D eigenvalue weighted by molar-refractivity contribution is 5.88. The maximum Gasteiger partial charge on any atom is -0.0143 e. The number of fused-ring (bicyclic) bond motifs is 1. The van der Waals surface area contributed by atoms with E-state index in [1.54, 1.807) is 0 Å². The first kappa shape index (κ1) is 15.7. The zero-order valence-electron chi connectivity index (χ0n) is 14.7. The van der Waals surface area contributed by atoms with Gasteiger partial charge in [0.1, 0.15) is 0 Å². The van der Waals surface area contributed by atoms with Gasteiger partial charge >= 0.3 is 0 Å². The molecular weight excluding hydrogens is 300 g/mol. The molecule has 0 radical (unpaired) electrons. The van der Waals surface area contributed by atoms with Crippen molar-refractivity contribution in [3.05, 3.63) is 96.6 Å². The zero-order chi connectivity index (χ0) is 17.2. The van der Waals surface area contributed by atoms with Crippen LogP contribution in [0.3, 0.4) is 0 Å². The van der Waals surface area contributed by atoms with Crippen LogP contribution in [0.25, 0.3) is 33.0 Å². The van der Waals surface area contributed by atoms with Crippen LogP contribution >= 0.6 is 0 Å². The molecule has 0 amide bonds. The maximum absolute atomic E-state index is 2.34. The third-order valence-electron chi connectivity index (χ3n) is 4.84. The Kier molecular flexibility index (Phi) is 4.11. The van der Waals surface area contributed by atoms with Crippen molar-refractivity contribution < 1.29 is 0 Å². The largest absolute Gasteiger partial charge is 0.0622 e. The SMILES string of the molecule is CC(C)c1ccc(-c2ccccc2)cc1-c1ccc2ccccc2c1. The molecule has 0 unspecified atom stereocenters. The van der Waals surface area contributed by atoms with Gasteiger partial charge < -0.3 is 0 Å². The second-order valence-corrected chi connectivity index (χ2v) is 6.88. The summed E-state index contributed by atoms with van der Waals surface area (Å²) in [6, 6.07) is 32.8. The number of hydrogen-bond donors (Lipinski definition) is 0. The summed E-state index contributed by atoms with van der Waals surface area (Å²) in [6.07, 6.45) is 0. The molecule has 0 atom stereocenters. The van der Waals surface area contributed by atoms with Gasteiger partial charge in [0.25, 0.3) is 0 Å². The maximum atomic E-state index is 2.34. The minimum Gasteiger partial charge on any atom is -0.0622 e. The summed E-state index contributed by atoms with van der Waals surface area (Å²) in [6.45, 7) is 4.53. The van der Waals surface area contributed by atoms with Crippen molar-refractivity contribution in [1.29, 1.82) is 0 Å². The quantitative estimate of drug-likeness (QED) is 0.371. The summed E-state index contributed by atoms with van der Waals surface area (Å²) in [5.41, 5.74) is 6.56. The minimum atomic E-state index is 0.492. The lowest BCUT2D eigenvalue weighted by Gasteiger charge is -2.16. The molecule has 4 aromatic carbocycles. The van der Waals surface area contributed by atoms with Crippen LogP contribution in [0.1, 0.15) is 25.3 Å². The van der Waals surface area contributed by atoms with E-state index in [1.165, 1.54) is 38.6 Å². The molecule has 122 valence electrons. The molecular formula is C25H22. The molecule has 4 aromatic rings. The zero-order valence-corrected chi connectivity index (χ0v) is 14.7. The van der Waals surface area contributed by atoms with Gasteiger partial charge in [-0.15, -0.1) is 0 Å². The molecule has 0 aliphatic heterocycles. The van der Waals surface area contributed by atoms with Crippen LogP contribution in [-0.4, -0.2) is 0 Å². The van der Waals surface area contributed by atoms with E-state index in [0.29, 0.717) is 5.92 Å². The Hall–Kier alpha value is -2.86. The molecule has 4 rings (SSSR count). The van der Waals surface area contributed by atoms with Gasteiger partial charge in [-0.2, -0.15) is 0 Å². The lowest BCUT2D eigenvalue weighted by atomic mass is 9.89. The molecule has 0 aliphatic carbocycles. The summed E-state index contributed by atoms with van der Waals surface area (Å²) in [4.78, 5) is 0. The van der Waals surface area contributed by atoms with E-state index in [0.717, 1.165) is 0 Å². The summed E-state index contributed by atoms with van der Waals surface area (Å²) in [7, 11) is 0. The first-order chi connectivity index (χ1) is 12.2. The molecule has 0 N–H and O–H groups in total. The van der Waals surface area contributed by atoms with E-state index in [4.69, 9.17) is 0 Å². The number of benzene rings is 4. The van der Waals surface area contributed by atoms with E-state index >= 15 is 0 Å². The monoisotopic (exact) mass is 322 g/mol. The average molecular weight is 322 g/mol. The fraction of sp³-hybridized carbons (Fsp3) is 0.120. The van der Waals surface area contributed by atoms with Crippen LogP contribution in [0.2, 0.25) is 0 Å². The molecule has 25 heavy (non-hydrogen) atoms. The topological polar surface area (TPSA) is 0 Å². The molecule has 0 heterocycles. The van der Waals surface area contributed by atoms with Gasteiger partial charge in [-0.05, 0) is 56.6 Å². The van der Waals surface area contributed by atoms with Gasteiger partial charge in [0.15, 0.2) is 0 Å². The molecule has 0 heteroatoms. The second-order valence-electron chi connectivity index (χ2n) is 6.88. The van der Waals surface area contributed by atoms with Gasteiger partial charge in [-0.1, -0.05) is 92.7 Å². The van der Waals surface area contributed by atoms with E-state index in [1.807, 2.05) is 0 Å².